The molecule has 2 heterocycles. The molecule has 2 aromatic heterocycles. The van der Waals surface area contributed by atoms with Crippen LogP contribution in [0.25, 0.3) is 5.65 Å². The van der Waals surface area contributed by atoms with E-state index in [0.29, 0.717) is 34.0 Å². The number of amides is 1. The zero-order chi connectivity index (χ0) is 21.0. The minimum Gasteiger partial charge on any atom is -0.481 e. The number of nitrogens with one attached hydrogen (secondary N) is 1. The number of pyridine rings is 1. The number of nitrogens with zero attached hydrogens (tertiary/aromatic N) is 2. The zero-order valence-electron chi connectivity index (χ0n) is 16.5. The highest BCUT2D eigenvalue weighted by Crippen LogP contribution is 2.30. The molecule has 1 atom stereocenters. The highest BCUT2D eigenvalue weighted by atomic mass is 35.5. The second kappa shape index (κ2) is 8.66. The Kier molecular flexibility index (Phi) is 6.23. The van der Waals surface area contributed by atoms with E-state index in [1.807, 2.05) is 0 Å². The average Bonchev–Trinajstić information content (AvgIpc) is 3.09. The molecule has 3 rings (SSSR count). The van der Waals surface area contributed by atoms with E-state index in [1.165, 1.54) is 0 Å². The molecule has 0 aliphatic heterocycles. The Balaban J connectivity index is 1.75. The van der Waals surface area contributed by atoms with Gasteiger partial charge in [-0.1, -0.05) is 49.9 Å². The summed E-state index contributed by atoms with van der Waals surface area (Å²) < 4.78 is 1.73. The van der Waals surface area contributed by atoms with Crippen LogP contribution in [-0.2, 0) is 10.2 Å². The minimum atomic E-state index is -0.967. The summed E-state index contributed by atoms with van der Waals surface area (Å²) in [6, 6.07) is 10.2. The number of carbonyl (C=O) groups is 2. The number of anilines is 1. The van der Waals surface area contributed by atoms with E-state index in [1.54, 1.807) is 60.1 Å². The van der Waals surface area contributed by atoms with Crippen molar-refractivity contribution in [2.45, 2.75) is 44.9 Å². The van der Waals surface area contributed by atoms with Gasteiger partial charge >= 0.3 is 5.97 Å². The normalized spacial score (nSPS) is 13.2. The van der Waals surface area contributed by atoms with Crippen molar-refractivity contribution in [3.8, 4) is 0 Å². The molecule has 1 aromatic carbocycles. The van der Waals surface area contributed by atoms with E-state index in [2.05, 4.69) is 17.2 Å². The molecule has 0 fully saturated rings. The highest BCUT2D eigenvalue weighted by molar-refractivity contribution is 6.30. The number of hydrogen-bond acceptors (Lipinski definition) is 3. The van der Waals surface area contributed by atoms with Crippen LogP contribution < -0.4 is 5.32 Å². The Morgan fingerprint density at radius 3 is 2.52 bits per heavy atom. The van der Waals surface area contributed by atoms with Gasteiger partial charge in [-0.15, -0.1) is 0 Å². The number of hydrogen-bond donors (Lipinski definition) is 2. The predicted molar refractivity (Wildman–Crippen MR) is 114 cm³/mol. The van der Waals surface area contributed by atoms with Gasteiger partial charge in [0.25, 0.3) is 5.91 Å². The van der Waals surface area contributed by atoms with Crippen LogP contribution in [0.2, 0.25) is 5.02 Å². The number of unbranched alkanes of at least 4 members (excludes halogenated alkanes) is 2. The van der Waals surface area contributed by atoms with Crippen molar-refractivity contribution in [3.05, 3.63) is 64.9 Å². The van der Waals surface area contributed by atoms with Crippen LogP contribution in [0.1, 0.15) is 55.5 Å². The van der Waals surface area contributed by atoms with Gasteiger partial charge in [-0.2, -0.15) is 0 Å². The van der Waals surface area contributed by atoms with E-state index in [9.17, 15) is 14.7 Å². The van der Waals surface area contributed by atoms with Crippen LogP contribution in [0.15, 0.2) is 48.8 Å². The van der Waals surface area contributed by atoms with Gasteiger partial charge < -0.3 is 14.8 Å². The number of aliphatic carboxylic acids is 1. The van der Waals surface area contributed by atoms with E-state index < -0.39 is 11.4 Å². The lowest BCUT2D eigenvalue weighted by Gasteiger charge is -2.25. The molecular formula is C22H24ClN3O3. The van der Waals surface area contributed by atoms with Gasteiger partial charge in [0.05, 0.1) is 16.6 Å². The molecular weight excluding hydrogens is 390 g/mol. The van der Waals surface area contributed by atoms with Crippen LogP contribution >= 0.6 is 11.6 Å². The van der Waals surface area contributed by atoms with Gasteiger partial charge in [-0.25, -0.2) is 4.98 Å². The topological polar surface area (TPSA) is 83.7 Å². The Morgan fingerprint density at radius 2 is 1.86 bits per heavy atom. The van der Waals surface area contributed by atoms with Crippen molar-refractivity contribution in [1.29, 1.82) is 0 Å². The standard InChI is InChI=1S/C22H24ClN3O3/c1-3-4-5-12-22(2,21(28)29)16-8-6-15(7-9-16)20(27)25-18-14-26-13-17(23)10-11-19(26)24-18/h6-11,13-14H,3-5,12H2,1-2H3,(H,25,27)(H,28,29). The number of carbonyl (C=O) groups excluding carboxylic acids is 1. The number of carboxylic acids is 1. The first-order valence-corrected chi connectivity index (χ1v) is 10.0. The minimum absolute atomic E-state index is 0.311. The molecule has 1 amide bonds. The Labute approximate surface area is 174 Å². The number of rotatable bonds is 8. The van der Waals surface area contributed by atoms with Crippen molar-refractivity contribution in [3.63, 3.8) is 0 Å². The van der Waals surface area contributed by atoms with E-state index in [0.717, 1.165) is 19.3 Å². The molecule has 0 aliphatic rings. The summed E-state index contributed by atoms with van der Waals surface area (Å²) in [7, 11) is 0. The summed E-state index contributed by atoms with van der Waals surface area (Å²) in [4.78, 5) is 28.8. The molecule has 7 heteroatoms. The summed E-state index contributed by atoms with van der Waals surface area (Å²) in [5, 5.41) is 13.1. The van der Waals surface area contributed by atoms with Gasteiger partial charge in [0.15, 0.2) is 5.82 Å². The number of benzene rings is 1. The number of aromatic nitrogens is 2. The van der Waals surface area contributed by atoms with E-state index >= 15 is 0 Å². The fraction of sp³-hybridized carbons (Fsp3) is 0.318. The van der Waals surface area contributed by atoms with Crippen LogP contribution in [0.4, 0.5) is 5.82 Å². The number of imidazole rings is 1. The van der Waals surface area contributed by atoms with Gasteiger partial charge in [0, 0.05) is 11.8 Å². The van der Waals surface area contributed by atoms with Crippen LogP contribution in [0, 0.1) is 0 Å². The highest BCUT2D eigenvalue weighted by Gasteiger charge is 2.34. The molecule has 0 saturated heterocycles. The largest absolute Gasteiger partial charge is 0.481 e. The molecule has 6 nitrogen and oxygen atoms in total. The predicted octanol–water partition coefficient (Wildman–Crippen LogP) is 5.16. The van der Waals surface area contributed by atoms with Crippen molar-refractivity contribution in [1.82, 2.24) is 9.38 Å². The summed E-state index contributed by atoms with van der Waals surface area (Å²) >= 11 is 5.97. The average molecular weight is 414 g/mol. The molecule has 0 saturated carbocycles. The summed E-state index contributed by atoms with van der Waals surface area (Å²) in [6.07, 6.45) is 6.82. The lowest BCUT2D eigenvalue weighted by molar-refractivity contribution is -0.143. The Morgan fingerprint density at radius 1 is 1.14 bits per heavy atom. The number of fused-ring (bicyclic) bond motifs is 1. The monoisotopic (exact) mass is 413 g/mol. The van der Waals surface area contributed by atoms with Gasteiger partial charge in [0.1, 0.15) is 5.65 Å². The molecule has 0 spiro atoms. The summed E-state index contributed by atoms with van der Waals surface area (Å²) in [6.45, 7) is 3.82. The van der Waals surface area contributed by atoms with Crippen molar-refractivity contribution in [2.75, 3.05) is 5.32 Å². The summed E-state index contributed by atoms with van der Waals surface area (Å²) in [5.41, 5.74) is 0.833. The maximum absolute atomic E-state index is 12.6. The van der Waals surface area contributed by atoms with Gasteiger partial charge in [-0.05, 0) is 43.2 Å². The maximum atomic E-state index is 12.6. The van der Waals surface area contributed by atoms with Crippen LogP contribution in [-0.4, -0.2) is 26.4 Å². The van der Waals surface area contributed by atoms with Crippen molar-refractivity contribution < 1.29 is 14.7 Å². The quantitative estimate of drug-likeness (QED) is 0.499. The lowest BCUT2D eigenvalue weighted by Crippen LogP contribution is -2.32. The third kappa shape index (κ3) is 4.59. The first-order valence-electron chi connectivity index (χ1n) is 9.63. The second-order valence-corrected chi connectivity index (χ2v) is 7.80. The van der Waals surface area contributed by atoms with Gasteiger partial charge in [0.2, 0.25) is 0 Å². The molecule has 3 aromatic rings. The smallest absolute Gasteiger partial charge is 0.313 e. The number of carboxylic acid groups (broad SMARTS) is 1. The third-order valence-corrected chi connectivity index (χ3v) is 5.42. The molecule has 2 N–H and O–H groups in total. The summed E-state index contributed by atoms with van der Waals surface area (Å²) in [5.74, 6) is -0.750. The molecule has 152 valence electrons. The van der Waals surface area contributed by atoms with E-state index in [4.69, 9.17) is 11.6 Å². The fourth-order valence-corrected chi connectivity index (χ4v) is 3.47. The Bertz CT molecular complexity index is 1030. The van der Waals surface area contributed by atoms with Gasteiger partial charge in [-0.3, -0.25) is 9.59 Å². The van der Waals surface area contributed by atoms with Crippen LogP contribution in [0.5, 0.6) is 0 Å². The van der Waals surface area contributed by atoms with Crippen molar-refractivity contribution >= 4 is 34.9 Å². The molecule has 0 radical (unpaired) electrons. The SMILES string of the molecule is CCCCCC(C)(C(=O)O)c1ccc(C(=O)Nc2cn3cc(Cl)ccc3n2)cc1. The molecule has 29 heavy (non-hydrogen) atoms. The van der Waals surface area contributed by atoms with Crippen LogP contribution in [0.3, 0.4) is 0 Å². The Hall–Kier alpha value is -2.86. The van der Waals surface area contributed by atoms with Crippen molar-refractivity contribution in [2.24, 2.45) is 0 Å². The first-order chi connectivity index (χ1) is 13.8. The lowest BCUT2D eigenvalue weighted by atomic mass is 9.78. The van der Waals surface area contributed by atoms with E-state index in [-0.39, 0.29) is 5.91 Å². The number of halogens is 1. The zero-order valence-corrected chi connectivity index (χ0v) is 17.2. The molecule has 0 aliphatic carbocycles. The molecule has 1 unspecified atom stereocenters. The molecule has 0 bridgehead atoms. The fourth-order valence-electron chi connectivity index (χ4n) is 3.31. The first kappa shape index (κ1) is 20.9. The maximum Gasteiger partial charge on any atom is 0.313 e. The second-order valence-electron chi connectivity index (χ2n) is 7.36. The third-order valence-electron chi connectivity index (χ3n) is 5.19.